The molecule has 1 saturated carbocycles. The van der Waals surface area contributed by atoms with Gasteiger partial charge in [0.15, 0.2) is 11.5 Å². The summed E-state index contributed by atoms with van der Waals surface area (Å²) in [5.41, 5.74) is 9.38. The molecule has 4 aromatic rings. The lowest BCUT2D eigenvalue weighted by molar-refractivity contribution is 0.0691. The number of aromatic nitrogens is 1. The summed E-state index contributed by atoms with van der Waals surface area (Å²) >= 11 is -0.697. The number of carboxylic acid groups (broad SMARTS) is 1. The van der Waals surface area contributed by atoms with Gasteiger partial charge >= 0.3 is 5.97 Å². The third kappa shape index (κ3) is 6.90. The number of thiazole rings is 1. The van der Waals surface area contributed by atoms with Crippen molar-refractivity contribution in [1.82, 2.24) is 4.98 Å². The third-order valence-electron chi connectivity index (χ3n) is 6.81. The zero-order chi connectivity index (χ0) is 30.0. The summed E-state index contributed by atoms with van der Waals surface area (Å²) in [6, 6.07) is 14.1. The zero-order valence-corrected chi connectivity index (χ0v) is 23.7. The topological polar surface area (TPSA) is 135 Å². The monoisotopic (exact) mass is 611 g/mol. The van der Waals surface area contributed by atoms with E-state index in [1.165, 1.54) is 53.9 Å². The van der Waals surface area contributed by atoms with Crippen molar-refractivity contribution in [3.05, 3.63) is 106 Å². The molecule has 0 saturated heterocycles. The van der Waals surface area contributed by atoms with Crippen LogP contribution in [-0.4, -0.2) is 26.3 Å². The Morgan fingerprint density at radius 3 is 2.50 bits per heavy atom. The van der Waals surface area contributed by atoms with Crippen molar-refractivity contribution in [2.24, 2.45) is 21.8 Å². The van der Waals surface area contributed by atoms with Crippen LogP contribution >= 0.6 is 11.3 Å². The molecule has 0 amide bonds. The smallest absolute Gasteiger partial charge is 0.355 e. The van der Waals surface area contributed by atoms with Crippen LogP contribution in [0.25, 0.3) is 16.8 Å². The van der Waals surface area contributed by atoms with Gasteiger partial charge in [-0.3, -0.25) is 0 Å². The molecule has 7 nitrogen and oxygen atoms in total. The van der Waals surface area contributed by atoms with E-state index in [1.54, 1.807) is 12.1 Å². The van der Waals surface area contributed by atoms with Crippen LogP contribution in [0.3, 0.4) is 0 Å². The predicted octanol–water partition coefficient (Wildman–Crippen LogP) is 6.73. The van der Waals surface area contributed by atoms with E-state index in [9.17, 15) is 27.6 Å². The normalized spacial score (nSPS) is 14.9. The Labute approximate surface area is 246 Å². The summed E-state index contributed by atoms with van der Waals surface area (Å²) in [6.07, 6.45) is 2.58. The number of carboxylic acids is 1. The van der Waals surface area contributed by atoms with Crippen LogP contribution in [0.5, 0.6) is 0 Å². The van der Waals surface area contributed by atoms with E-state index in [2.05, 4.69) is 4.98 Å². The molecule has 216 valence electrons. The number of nitrogens with zero attached hydrogens (tertiary/aromatic N) is 2. The Hall–Kier alpha value is -3.97. The number of rotatable bonds is 10. The molecule has 5 rings (SSSR count). The van der Waals surface area contributed by atoms with Crippen LogP contribution < -0.4 is 10.9 Å². The quantitative estimate of drug-likeness (QED) is 0.116. The number of halogens is 3. The summed E-state index contributed by atoms with van der Waals surface area (Å²) in [5.74, 6) is -2.61. The summed E-state index contributed by atoms with van der Waals surface area (Å²) in [4.78, 5) is 20.2. The van der Waals surface area contributed by atoms with E-state index in [0.29, 0.717) is 40.3 Å². The molecule has 0 bridgehead atoms. The SMILES string of the molecule is N/C(=C(Cc1ccc([S+](N)O)c(F)c1)\C(CC1CC1)=N\c1nc(C(=O)O)cs1)c1ccc(F)c(-c2cccc(F)c2)c1. The average Bonchev–Trinajstić information content (AvgIpc) is 3.64. The van der Waals surface area contributed by atoms with Gasteiger partial charge in [-0.15, -0.1) is 16.5 Å². The van der Waals surface area contributed by atoms with Crippen LogP contribution in [0.4, 0.5) is 18.3 Å². The minimum absolute atomic E-state index is 0.0358. The van der Waals surface area contributed by atoms with Gasteiger partial charge in [-0.25, -0.2) is 27.9 Å². The van der Waals surface area contributed by atoms with Crippen molar-refractivity contribution in [3.63, 3.8) is 0 Å². The first kappa shape index (κ1) is 29.5. The third-order valence-corrected chi connectivity index (χ3v) is 8.33. The van der Waals surface area contributed by atoms with E-state index in [1.807, 2.05) is 0 Å². The lowest BCUT2D eigenvalue weighted by Gasteiger charge is -2.17. The lowest BCUT2D eigenvalue weighted by atomic mass is 9.92. The first-order valence-corrected chi connectivity index (χ1v) is 15.0. The fourth-order valence-corrected chi connectivity index (χ4v) is 5.64. The molecule has 12 heteroatoms. The number of allylic oxidation sites excluding steroid dienone is 1. The molecule has 0 spiro atoms. The first-order chi connectivity index (χ1) is 20.1. The van der Waals surface area contributed by atoms with E-state index >= 15 is 0 Å². The fraction of sp³-hybridized carbons (Fsp3) is 0.167. The summed E-state index contributed by atoms with van der Waals surface area (Å²) < 4.78 is 53.3. The number of aliphatic imine (C=N–C) groups is 1. The maximum atomic E-state index is 14.9. The van der Waals surface area contributed by atoms with E-state index < -0.39 is 34.8 Å². The Morgan fingerprint density at radius 1 is 1.07 bits per heavy atom. The Bertz CT molecular complexity index is 1720. The highest BCUT2D eigenvalue weighted by atomic mass is 32.2. The fourth-order valence-electron chi connectivity index (χ4n) is 4.49. The number of hydrogen-bond donors (Lipinski definition) is 4. The van der Waals surface area contributed by atoms with Crippen molar-refractivity contribution in [2.75, 3.05) is 0 Å². The number of hydrogen-bond acceptors (Lipinski definition) is 7. The molecular formula is C30H26F3N4O3S2+. The summed E-state index contributed by atoms with van der Waals surface area (Å²) in [7, 11) is 0. The Kier molecular flexibility index (Phi) is 8.78. The van der Waals surface area contributed by atoms with Gasteiger partial charge in [-0.2, -0.15) is 4.55 Å². The number of benzene rings is 3. The highest BCUT2D eigenvalue weighted by Crippen LogP contribution is 2.37. The molecule has 1 heterocycles. The van der Waals surface area contributed by atoms with Crippen molar-refractivity contribution in [1.29, 1.82) is 0 Å². The van der Waals surface area contributed by atoms with E-state index in [0.717, 1.165) is 24.2 Å². The zero-order valence-electron chi connectivity index (χ0n) is 22.1. The predicted molar refractivity (Wildman–Crippen MR) is 159 cm³/mol. The van der Waals surface area contributed by atoms with Crippen LogP contribution in [0.1, 0.15) is 40.9 Å². The molecule has 0 aliphatic heterocycles. The average molecular weight is 612 g/mol. The van der Waals surface area contributed by atoms with Gasteiger partial charge in [-0.1, -0.05) is 18.2 Å². The summed E-state index contributed by atoms with van der Waals surface area (Å²) in [6.45, 7) is 0. The van der Waals surface area contributed by atoms with Crippen LogP contribution in [0.15, 0.2) is 81.5 Å². The second-order valence-corrected chi connectivity index (χ2v) is 11.8. The largest absolute Gasteiger partial charge is 0.476 e. The van der Waals surface area contributed by atoms with Gasteiger partial charge in [-0.05, 0) is 78.3 Å². The van der Waals surface area contributed by atoms with Crippen molar-refractivity contribution in [2.45, 2.75) is 30.6 Å². The van der Waals surface area contributed by atoms with Crippen LogP contribution in [-0.2, 0) is 17.8 Å². The molecule has 1 aliphatic rings. The van der Waals surface area contributed by atoms with Gasteiger partial charge in [0.25, 0.3) is 11.4 Å². The molecule has 1 fully saturated rings. The minimum atomic E-state index is -1.76. The molecule has 1 atom stereocenters. The number of aromatic carboxylic acids is 1. The molecule has 6 N–H and O–H groups in total. The van der Waals surface area contributed by atoms with Crippen molar-refractivity contribution >= 4 is 45.2 Å². The molecule has 0 radical (unpaired) electrons. The highest BCUT2D eigenvalue weighted by Gasteiger charge is 2.28. The standard InChI is InChI=1S/C30H25F3N4O3S2/c31-20-3-1-2-18(13-20)21-14-19(7-8-23(21)32)28(34)22(10-17-6-9-27(42(35)40)24(33)11-17)25(12-16-4-5-16)36-30-37-26(15-41-30)29(38)39/h1-3,6-9,11,13-16,40H,4-5,10,12,35H2,(H2-,34,36,37,38,39)/p+1. The number of carbonyl (C=O) groups is 1. The second kappa shape index (κ2) is 12.5. The molecule has 1 aliphatic carbocycles. The molecule has 3 aromatic carbocycles. The van der Waals surface area contributed by atoms with Crippen LogP contribution in [0.2, 0.25) is 0 Å². The van der Waals surface area contributed by atoms with Crippen LogP contribution in [0, 0.1) is 23.4 Å². The number of nitrogens with two attached hydrogens (primary N) is 2. The van der Waals surface area contributed by atoms with Gasteiger partial charge in [0.1, 0.15) is 11.6 Å². The maximum absolute atomic E-state index is 14.9. The van der Waals surface area contributed by atoms with Gasteiger partial charge in [0, 0.05) is 40.4 Å². The van der Waals surface area contributed by atoms with Gasteiger partial charge < -0.3 is 10.8 Å². The second-order valence-electron chi connectivity index (χ2n) is 9.88. The van der Waals surface area contributed by atoms with E-state index in [-0.39, 0.29) is 33.4 Å². The molecular weight excluding hydrogens is 585 g/mol. The van der Waals surface area contributed by atoms with E-state index in [4.69, 9.17) is 15.9 Å². The van der Waals surface area contributed by atoms with Crippen molar-refractivity contribution in [3.8, 4) is 11.1 Å². The Balaban J connectivity index is 1.66. The maximum Gasteiger partial charge on any atom is 0.355 e. The first-order valence-electron chi connectivity index (χ1n) is 12.9. The lowest BCUT2D eigenvalue weighted by Crippen LogP contribution is -2.16. The molecule has 42 heavy (non-hydrogen) atoms. The van der Waals surface area contributed by atoms with Gasteiger partial charge in [0.05, 0.1) is 0 Å². The van der Waals surface area contributed by atoms with Crippen molar-refractivity contribution < 1.29 is 27.6 Å². The summed E-state index contributed by atoms with van der Waals surface area (Å²) in [5, 5.41) is 16.4. The minimum Gasteiger partial charge on any atom is -0.476 e. The molecule has 1 unspecified atom stereocenters. The molecule has 1 aromatic heterocycles. The highest BCUT2D eigenvalue weighted by molar-refractivity contribution is 7.89. The Morgan fingerprint density at radius 2 is 1.86 bits per heavy atom. The van der Waals surface area contributed by atoms with Gasteiger partial charge in [0.2, 0.25) is 10.0 Å².